The van der Waals surface area contributed by atoms with Gasteiger partial charge in [0.05, 0.1) is 51.2 Å². The predicted molar refractivity (Wildman–Crippen MR) is 351 cm³/mol. The molecule has 0 spiro atoms. The number of benzene rings is 9. The normalized spacial score (nSPS) is 21.0. The summed E-state index contributed by atoms with van der Waals surface area (Å²) in [5.41, 5.74) is 41.0. The van der Waals surface area contributed by atoms with Crippen molar-refractivity contribution in [2.24, 2.45) is 0 Å². The number of hydrogen-bond acceptors (Lipinski definition) is 3. The van der Waals surface area contributed by atoms with E-state index in [9.17, 15) is 0 Å². The van der Waals surface area contributed by atoms with Crippen LogP contribution in [0.4, 0.5) is 51.2 Å². The minimum absolute atomic E-state index is 0.132. The Labute approximate surface area is 498 Å². The van der Waals surface area contributed by atoms with Crippen LogP contribution < -0.4 is 14.7 Å². The Kier molecular flexibility index (Phi) is 8.41. The Morgan fingerprint density at radius 1 is 0.167 bits per heavy atom. The Morgan fingerprint density at radius 3 is 0.417 bits per heavy atom. The van der Waals surface area contributed by atoms with Gasteiger partial charge in [0.25, 0.3) is 0 Å². The van der Waals surface area contributed by atoms with Gasteiger partial charge >= 0.3 is 0 Å². The van der Waals surface area contributed by atoms with Gasteiger partial charge in [-0.05, 0) is 171 Å². The first-order valence-electron chi connectivity index (χ1n) is 31.4. The molecule has 9 heterocycles. The molecule has 0 N–H and O–H groups in total. The van der Waals surface area contributed by atoms with Gasteiger partial charge in [-0.15, -0.1) is 0 Å². The molecule has 0 amide bonds. The van der Waals surface area contributed by atoms with E-state index in [0.29, 0.717) is 0 Å². The van der Waals surface area contributed by atoms with Gasteiger partial charge in [-0.1, -0.05) is 216 Å². The average Bonchev–Trinajstić information content (AvgIpc) is 0.724. The van der Waals surface area contributed by atoms with Gasteiger partial charge in [0.2, 0.25) is 0 Å². The van der Waals surface area contributed by atoms with Gasteiger partial charge in [0.1, 0.15) is 0 Å². The van der Waals surface area contributed by atoms with E-state index in [1.54, 1.807) is 0 Å². The average molecular weight is 1090 g/mol. The van der Waals surface area contributed by atoms with Gasteiger partial charge in [0.15, 0.2) is 0 Å². The largest absolute Gasteiger partial charge is 0.309 e. The monoisotopic (exact) mass is 1090 g/mol. The van der Waals surface area contributed by atoms with Crippen molar-refractivity contribution in [1.82, 2.24) is 0 Å². The summed E-state index contributed by atoms with van der Waals surface area (Å²) in [6, 6.07) is 56.9. The van der Waals surface area contributed by atoms with Crippen molar-refractivity contribution in [2.75, 3.05) is 14.7 Å². The summed E-state index contributed by atoms with van der Waals surface area (Å²) in [5, 5.41) is 0. The molecule has 0 bridgehead atoms. The summed E-state index contributed by atoms with van der Waals surface area (Å²) in [4.78, 5) is 8.19. The molecule has 0 saturated heterocycles. The maximum Gasteiger partial charge on any atom is 0.0544 e. The van der Waals surface area contributed by atoms with E-state index >= 15 is 0 Å². The highest BCUT2D eigenvalue weighted by Crippen LogP contribution is 2.71. The summed E-state index contributed by atoms with van der Waals surface area (Å²) in [6.45, 7) is 44.8. The zero-order valence-electron chi connectivity index (χ0n) is 52.6. The lowest BCUT2D eigenvalue weighted by Gasteiger charge is -2.55. The fourth-order valence-electron chi connectivity index (χ4n) is 19.3. The lowest BCUT2D eigenvalue weighted by molar-refractivity contribution is 0.565. The van der Waals surface area contributed by atoms with Crippen molar-refractivity contribution in [2.45, 2.75) is 173 Å². The highest BCUT2D eigenvalue weighted by Gasteiger charge is 2.56. The lowest BCUT2D eigenvalue weighted by Crippen LogP contribution is -2.44. The van der Waals surface area contributed by atoms with Crippen LogP contribution in [-0.4, -0.2) is 0 Å². The lowest BCUT2D eigenvalue weighted by atomic mass is 9.59. The third-order valence-electron chi connectivity index (χ3n) is 24.4. The second-order valence-corrected chi connectivity index (χ2v) is 31.8. The first-order chi connectivity index (χ1) is 39.5. The van der Waals surface area contributed by atoms with E-state index in [1.165, 1.54) is 174 Å². The van der Waals surface area contributed by atoms with E-state index in [2.05, 4.69) is 279 Å². The maximum absolute atomic E-state index is 2.77. The standard InChI is InChI=1S/C81H77N3/c1-73(2)46-24-19-28-50-64(46)82-65-47(73)25-20-29-51(65)76(7,8)57-35-42(34-56(69(57)82)75(50,5)6)44-38-60-71-62(40-44)81(17,18)63-41-45(39-61-72(63)84(71)68-54(79(60,13)14)32-23-33-55(68)80(61,15)16)43-36-58-70-59(37-43)78(11,12)53-31-22-27-49-67(53)83(70)66-48(74(49,3)4)26-21-30-52(66)77(58,9)10/h19-41H,1-18H3. The van der Waals surface area contributed by atoms with Crippen LogP contribution in [0.1, 0.15) is 225 Å². The van der Waals surface area contributed by atoms with Crippen LogP contribution in [0, 0.1) is 0 Å². The maximum atomic E-state index is 2.77. The molecule has 0 fully saturated rings. The van der Waals surface area contributed by atoms with Crippen molar-refractivity contribution in [3.8, 4) is 22.3 Å². The molecule has 0 radical (unpaired) electrons. The van der Waals surface area contributed by atoms with E-state index in [-0.39, 0.29) is 48.7 Å². The predicted octanol–water partition coefficient (Wildman–Crippen LogP) is 21.2. The van der Waals surface area contributed by atoms with E-state index in [1.807, 2.05) is 0 Å². The van der Waals surface area contributed by atoms with Crippen molar-refractivity contribution < 1.29 is 0 Å². The van der Waals surface area contributed by atoms with Crippen molar-refractivity contribution in [1.29, 1.82) is 0 Å². The minimum Gasteiger partial charge on any atom is -0.309 e. The van der Waals surface area contributed by atoms with Crippen LogP contribution in [0.5, 0.6) is 0 Å². The molecule has 84 heavy (non-hydrogen) atoms. The Bertz CT molecular complexity index is 4240. The second-order valence-electron chi connectivity index (χ2n) is 31.8. The molecule has 9 aromatic carbocycles. The molecule has 0 unspecified atom stereocenters. The van der Waals surface area contributed by atoms with Crippen LogP contribution in [0.15, 0.2) is 140 Å². The SMILES string of the molecule is CC1(C)c2cccc3c2N2c4c1cccc4C(C)(C)c1cc(-c4cc5c6c(c4)C(C)(C)c4cc(-c7cc8c9c(c7)C(C)(C)c7cccc%10c7N9c7c(cccc7C8(C)C)C%10(C)C)cc7c4N6c4c(cccc4C7(C)C)C5(C)C)cc(c12)C3(C)C. The van der Waals surface area contributed by atoms with Crippen molar-refractivity contribution >= 4 is 51.2 Å². The van der Waals surface area contributed by atoms with Gasteiger partial charge in [-0.25, -0.2) is 0 Å². The second kappa shape index (κ2) is 14.2. The molecule has 9 aliphatic heterocycles. The van der Waals surface area contributed by atoms with Crippen LogP contribution in [0.2, 0.25) is 0 Å². The molecule has 0 aliphatic carbocycles. The Morgan fingerprint density at radius 2 is 0.274 bits per heavy atom. The summed E-state index contributed by atoms with van der Waals surface area (Å²) in [5.74, 6) is 0. The molecule has 9 aromatic rings. The molecule has 0 aromatic heterocycles. The van der Waals surface area contributed by atoms with Crippen molar-refractivity contribution in [3.63, 3.8) is 0 Å². The number of nitrogens with zero attached hydrogens (tertiary/aromatic N) is 3. The minimum atomic E-state index is -0.370. The zero-order chi connectivity index (χ0) is 58.4. The molecule has 18 rings (SSSR count). The molecule has 3 heteroatoms. The number of para-hydroxylation sites is 5. The van der Waals surface area contributed by atoms with Crippen LogP contribution in [0.3, 0.4) is 0 Å². The molecular formula is C81H77N3. The Hall–Kier alpha value is -7.62. The zero-order valence-corrected chi connectivity index (χ0v) is 52.6. The number of rotatable bonds is 2. The molecular weight excluding hydrogens is 1010 g/mol. The van der Waals surface area contributed by atoms with Crippen LogP contribution >= 0.6 is 0 Å². The smallest absolute Gasteiger partial charge is 0.0544 e. The van der Waals surface area contributed by atoms with E-state index in [0.717, 1.165) is 0 Å². The highest BCUT2D eigenvalue weighted by molar-refractivity contribution is 6.04. The summed E-state index contributed by atoms with van der Waals surface area (Å²) in [6.07, 6.45) is 0. The molecule has 9 aliphatic rings. The Balaban J connectivity index is 0.883. The van der Waals surface area contributed by atoms with Crippen molar-refractivity contribution in [3.05, 3.63) is 240 Å². The van der Waals surface area contributed by atoms with E-state index < -0.39 is 0 Å². The summed E-state index contributed by atoms with van der Waals surface area (Å²) >= 11 is 0. The van der Waals surface area contributed by atoms with Gasteiger partial charge < -0.3 is 14.7 Å². The van der Waals surface area contributed by atoms with E-state index in [4.69, 9.17) is 0 Å². The quantitative estimate of drug-likeness (QED) is 0.171. The third-order valence-corrected chi connectivity index (χ3v) is 24.4. The summed E-state index contributed by atoms with van der Waals surface area (Å²) in [7, 11) is 0. The number of hydrogen-bond donors (Lipinski definition) is 0. The first kappa shape index (κ1) is 49.8. The summed E-state index contributed by atoms with van der Waals surface area (Å²) < 4.78 is 0. The highest BCUT2D eigenvalue weighted by atomic mass is 15.2. The van der Waals surface area contributed by atoms with Gasteiger partial charge in [-0.3, -0.25) is 0 Å². The topological polar surface area (TPSA) is 9.72 Å². The molecule has 3 nitrogen and oxygen atoms in total. The van der Waals surface area contributed by atoms with Crippen LogP contribution in [0.25, 0.3) is 22.3 Å². The van der Waals surface area contributed by atoms with Gasteiger partial charge in [0, 0.05) is 48.7 Å². The molecule has 0 saturated carbocycles. The first-order valence-corrected chi connectivity index (χ1v) is 31.4. The van der Waals surface area contributed by atoms with Gasteiger partial charge in [-0.2, -0.15) is 0 Å². The molecule has 0 atom stereocenters. The molecule has 416 valence electrons. The van der Waals surface area contributed by atoms with Crippen LogP contribution in [-0.2, 0) is 48.7 Å². The fraction of sp³-hybridized carbons (Fsp3) is 0.333. The number of anilines is 9. The fourth-order valence-corrected chi connectivity index (χ4v) is 19.3. The third kappa shape index (κ3) is 5.17.